The van der Waals surface area contributed by atoms with Crippen molar-refractivity contribution in [3.63, 3.8) is 0 Å². The molecule has 1 heterocycles. The Morgan fingerprint density at radius 3 is 2.83 bits per heavy atom. The average Bonchev–Trinajstić information content (AvgIpc) is 3.06. The van der Waals surface area contributed by atoms with Crippen molar-refractivity contribution in [3.8, 4) is 0 Å². The van der Waals surface area contributed by atoms with Crippen molar-refractivity contribution in [2.45, 2.75) is 38.6 Å². The van der Waals surface area contributed by atoms with Gasteiger partial charge in [-0.1, -0.05) is 40.6 Å². The fraction of sp³-hybridized carbons (Fsp3) is 0.389. The summed E-state index contributed by atoms with van der Waals surface area (Å²) in [7, 11) is 0. The van der Waals surface area contributed by atoms with Crippen LogP contribution in [0.15, 0.2) is 42.1 Å². The molecule has 0 spiro atoms. The summed E-state index contributed by atoms with van der Waals surface area (Å²) in [5.74, 6) is -0.172. The molecule has 1 aliphatic rings. The van der Waals surface area contributed by atoms with Crippen LogP contribution in [0.3, 0.4) is 0 Å². The molecule has 0 atom stereocenters. The van der Waals surface area contributed by atoms with E-state index in [0.29, 0.717) is 23.8 Å². The summed E-state index contributed by atoms with van der Waals surface area (Å²) in [6, 6.07) is 7.53. The number of nitrogens with zero attached hydrogens (tertiary/aromatic N) is 3. The molecule has 0 saturated carbocycles. The summed E-state index contributed by atoms with van der Waals surface area (Å²) in [4.78, 5) is 12.1. The standard InChI is InChI=1S/C18H21ClN4O/c19-16-8-6-15(7-9-16)12-23-13-17(21-22-23)18(24)20-11-10-14-4-2-1-3-5-14/h4,6-9,13H,1-3,5,10-12H2,(H,20,24). The van der Waals surface area contributed by atoms with Gasteiger partial charge in [0, 0.05) is 11.6 Å². The predicted octanol–water partition coefficient (Wildman–Crippen LogP) is 3.60. The zero-order chi connectivity index (χ0) is 16.8. The lowest BCUT2D eigenvalue weighted by Crippen LogP contribution is -2.25. The second kappa shape index (κ2) is 8.11. The smallest absolute Gasteiger partial charge is 0.273 e. The molecular formula is C18H21ClN4O. The Balaban J connectivity index is 1.49. The van der Waals surface area contributed by atoms with Gasteiger partial charge >= 0.3 is 0 Å². The minimum Gasteiger partial charge on any atom is -0.350 e. The lowest BCUT2D eigenvalue weighted by molar-refractivity contribution is 0.0949. The summed E-state index contributed by atoms with van der Waals surface area (Å²) < 4.78 is 1.65. The van der Waals surface area contributed by atoms with E-state index >= 15 is 0 Å². The molecule has 0 bridgehead atoms. The first kappa shape index (κ1) is 16.7. The predicted molar refractivity (Wildman–Crippen MR) is 94.1 cm³/mol. The van der Waals surface area contributed by atoms with Crippen LogP contribution in [-0.2, 0) is 6.54 Å². The first-order valence-electron chi connectivity index (χ1n) is 8.31. The third kappa shape index (κ3) is 4.68. The van der Waals surface area contributed by atoms with E-state index < -0.39 is 0 Å². The molecule has 3 rings (SSSR count). The number of allylic oxidation sites excluding steroid dienone is 1. The zero-order valence-electron chi connectivity index (χ0n) is 13.5. The molecule has 0 radical (unpaired) electrons. The van der Waals surface area contributed by atoms with Gasteiger partial charge in [-0.05, 0) is 49.8 Å². The van der Waals surface area contributed by atoms with Crippen LogP contribution in [0.5, 0.6) is 0 Å². The molecule has 1 aliphatic carbocycles. The summed E-state index contributed by atoms with van der Waals surface area (Å²) in [5.41, 5.74) is 2.86. The van der Waals surface area contributed by atoms with Gasteiger partial charge in [0.15, 0.2) is 5.69 Å². The molecule has 5 nitrogen and oxygen atoms in total. The van der Waals surface area contributed by atoms with Crippen molar-refractivity contribution in [2.75, 3.05) is 6.54 Å². The fourth-order valence-electron chi connectivity index (χ4n) is 2.82. The van der Waals surface area contributed by atoms with Crippen molar-refractivity contribution in [2.24, 2.45) is 0 Å². The molecule has 0 unspecified atom stereocenters. The van der Waals surface area contributed by atoms with Gasteiger partial charge in [-0.15, -0.1) is 5.10 Å². The monoisotopic (exact) mass is 344 g/mol. The third-order valence-corrected chi connectivity index (χ3v) is 4.40. The van der Waals surface area contributed by atoms with Gasteiger partial charge in [0.2, 0.25) is 0 Å². The minimum atomic E-state index is -0.172. The quantitative estimate of drug-likeness (QED) is 0.814. The molecule has 2 aromatic rings. The first-order valence-corrected chi connectivity index (χ1v) is 8.69. The highest BCUT2D eigenvalue weighted by molar-refractivity contribution is 6.30. The second-order valence-electron chi connectivity index (χ2n) is 6.04. The van der Waals surface area contributed by atoms with Gasteiger partial charge < -0.3 is 5.32 Å². The minimum absolute atomic E-state index is 0.172. The normalized spacial score (nSPS) is 14.3. The Kier molecular flexibility index (Phi) is 5.64. The Hall–Kier alpha value is -2.14. The van der Waals surface area contributed by atoms with Crippen LogP contribution in [0.1, 0.15) is 48.2 Å². The van der Waals surface area contributed by atoms with E-state index in [9.17, 15) is 4.79 Å². The number of rotatable bonds is 6. The van der Waals surface area contributed by atoms with Crippen LogP contribution in [0.4, 0.5) is 0 Å². The van der Waals surface area contributed by atoms with Crippen molar-refractivity contribution in [1.29, 1.82) is 0 Å². The molecule has 0 aliphatic heterocycles. The lowest BCUT2D eigenvalue weighted by Gasteiger charge is -2.12. The number of aromatic nitrogens is 3. The number of halogens is 1. The zero-order valence-corrected chi connectivity index (χ0v) is 14.3. The van der Waals surface area contributed by atoms with E-state index in [1.54, 1.807) is 10.9 Å². The number of hydrogen-bond acceptors (Lipinski definition) is 3. The fourth-order valence-corrected chi connectivity index (χ4v) is 2.94. The van der Waals surface area contributed by atoms with Crippen molar-refractivity contribution >= 4 is 17.5 Å². The summed E-state index contributed by atoms with van der Waals surface area (Å²) >= 11 is 5.87. The van der Waals surface area contributed by atoms with Crippen LogP contribution in [0, 0.1) is 0 Å². The SMILES string of the molecule is O=C(NCCC1=CCCCC1)c1cn(Cc2ccc(Cl)cc2)nn1. The molecule has 24 heavy (non-hydrogen) atoms. The average molecular weight is 345 g/mol. The number of carbonyl (C=O) groups excluding carboxylic acids is 1. The molecule has 0 fully saturated rings. The Bertz CT molecular complexity index is 721. The molecule has 0 saturated heterocycles. The number of hydrogen-bond donors (Lipinski definition) is 1. The highest BCUT2D eigenvalue weighted by Crippen LogP contribution is 2.19. The van der Waals surface area contributed by atoms with Gasteiger partial charge in [0.1, 0.15) is 0 Å². The van der Waals surface area contributed by atoms with Crippen LogP contribution < -0.4 is 5.32 Å². The number of carbonyl (C=O) groups is 1. The van der Waals surface area contributed by atoms with E-state index in [-0.39, 0.29) is 5.91 Å². The van der Waals surface area contributed by atoms with Gasteiger partial charge in [-0.25, -0.2) is 4.68 Å². The van der Waals surface area contributed by atoms with Crippen LogP contribution in [0.2, 0.25) is 5.02 Å². The van der Waals surface area contributed by atoms with Crippen LogP contribution in [0.25, 0.3) is 0 Å². The number of benzene rings is 1. The highest BCUT2D eigenvalue weighted by atomic mass is 35.5. The highest BCUT2D eigenvalue weighted by Gasteiger charge is 2.11. The molecule has 1 aromatic carbocycles. The number of nitrogens with one attached hydrogen (secondary N) is 1. The van der Waals surface area contributed by atoms with E-state index in [4.69, 9.17) is 11.6 Å². The van der Waals surface area contributed by atoms with Crippen molar-refractivity contribution < 1.29 is 4.79 Å². The van der Waals surface area contributed by atoms with E-state index in [0.717, 1.165) is 18.4 Å². The maximum Gasteiger partial charge on any atom is 0.273 e. The van der Waals surface area contributed by atoms with E-state index in [2.05, 4.69) is 21.7 Å². The summed E-state index contributed by atoms with van der Waals surface area (Å²) in [5, 5.41) is 11.6. The van der Waals surface area contributed by atoms with Crippen molar-refractivity contribution in [1.82, 2.24) is 20.3 Å². The lowest BCUT2D eigenvalue weighted by atomic mass is 9.97. The molecular weight excluding hydrogens is 324 g/mol. The maximum atomic E-state index is 12.1. The summed E-state index contributed by atoms with van der Waals surface area (Å²) in [6.07, 6.45) is 9.77. The maximum absolute atomic E-state index is 12.1. The molecule has 126 valence electrons. The van der Waals surface area contributed by atoms with Crippen molar-refractivity contribution in [3.05, 3.63) is 58.4 Å². The number of amides is 1. The second-order valence-corrected chi connectivity index (χ2v) is 6.48. The van der Waals surface area contributed by atoms with Crippen LogP contribution >= 0.6 is 11.6 Å². The largest absolute Gasteiger partial charge is 0.350 e. The molecule has 6 heteroatoms. The molecule has 1 N–H and O–H groups in total. The van der Waals surface area contributed by atoms with E-state index in [1.165, 1.54) is 24.8 Å². The molecule has 1 amide bonds. The Morgan fingerprint density at radius 2 is 2.08 bits per heavy atom. The van der Waals surface area contributed by atoms with Gasteiger partial charge in [0.05, 0.1) is 12.7 Å². The Morgan fingerprint density at radius 1 is 1.25 bits per heavy atom. The Labute approximate surface area is 146 Å². The summed E-state index contributed by atoms with van der Waals surface area (Å²) in [6.45, 7) is 1.21. The van der Waals surface area contributed by atoms with Gasteiger partial charge in [-0.2, -0.15) is 0 Å². The first-order chi connectivity index (χ1) is 11.7. The van der Waals surface area contributed by atoms with E-state index in [1.807, 2.05) is 24.3 Å². The molecule has 1 aromatic heterocycles. The topological polar surface area (TPSA) is 59.8 Å². The van der Waals surface area contributed by atoms with Gasteiger partial charge in [-0.3, -0.25) is 4.79 Å². The van der Waals surface area contributed by atoms with Gasteiger partial charge in [0.25, 0.3) is 5.91 Å². The van der Waals surface area contributed by atoms with Crippen LogP contribution in [-0.4, -0.2) is 27.4 Å². The third-order valence-electron chi connectivity index (χ3n) is 4.15.